The lowest BCUT2D eigenvalue weighted by atomic mass is 10.1. The van der Waals surface area contributed by atoms with Crippen molar-refractivity contribution < 1.29 is 28.8 Å². The van der Waals surface area contributed by atoms with Crippen molar-refractivity contribution in [3.05, 3.63) is 62.9 Å². The molecule has 0 aliphatic rings. The molecule has 1 aromatic carbocycles. The van der Waals surface area contributed by atoms with Crippen molar-refractivity contribution in [2.45, 2.75) is 0 Å². The first kappa shape index (κ1) is 19.8. The number of nitro groups is 1. The lowest BCUT2D eigenvalue weighted by Crippen LogP contribution is -2.21. The number of methoxy groups -OCH3 is 1. The van der Waals surface area contributed by atoms with Gasteiger partial charge in [-0.3, -0.25) is 14.9 Å². The number of carbonyl (C=O) groups excluding carboxylic acids is 3. The SMILES string of the molecule is COC(=O)c1cc(C(=O)OCC(=O)Nc2cccnc2Cl)cc([N+](=O)[O-])c1. The first-order valence-electron chi connectivity index (χ1n) is 7.27. The van der Waals surface area contributed by atoms with Gasteiger partial charge in [0.05, 0.1) is 28.8 Å². The van der Waals surface area contributed by atoms with Crippen LogP contribution in [0.15, 0.2) is 36.5 Å². The van der Waals surface area contributed by atoms with Crippen LogP contribution in [-0.4, -0.2) is 41.5 Å². The minimum atomic E-state index is -1.03. The Bertz CT molecular complexity index is 917. The maximum atomic E-state index is 12.1. The molecular weight excluding hydrogens is 382 g/mol. The number of carbonyl (C=O) groups is 3. The second-order valence-corrected chi connectivity index (χ2v) is 5.34. The third-order valence-corrected chi connectivity index (χ3v) is 3.45. The molecule has 0 spiro atoms. The summed E-state index contributed by atoms with van der Waals surface area (Å²) in [5.41, 5.74) is -0.762. The van der Waals surface area contributed by atoms with Gasteiger partial charge in [-0.05, 0) is 18.2 Å². The van der Waals surface area contributed by atoms with E-state index in [0.29, 0.717) is 0 Å². The van der Waals surface area contributed by atoms with Gasteiger partial charge in [-0.1, -0.05) is 11.6 Å². The van der Waals surface area contributed by atoms with Gasteiger partial charge in [0.25, 0.3) is 11.6 Å². The Balaban J connectivity index is 2.10. The van der Waals surface area contributed by atoms with E-state index in [1.807, 2.05) is 0 Å². The summed E-state index contributed by atoms with van der Waals surface area (Å²) in [7, 11) is 1.09. The Morgan fingerprint density at radius 3 is 2.48 bits per heavy atom. The van der Waals surface area contributed by atoms with Gasteiger partial charge in [0, 0.05) is 18.3 Å². The Morgan fingerprint density at radius 1 is 1.22 bits per heavy atom. The number of hydrogen-bond acceptors (Lipinski definition) is 8. The minimum absolute atomic E-state index is 0.0542. The highest BCUT2D eigenvalue weighted by Gasteiger charge is 2.20. The van der Waals surface area contributed by atoms with Gasteiger partial charge in [0.15, 0.2) is 11.8 Å². The number of amides is 1. The summed E-state index contributed by atoms with van der Waals surface area (Å²) in [6, 6.07) is 5.99. The van der Waals surface area contributed by atoms with Gasteiger partial charge in [-0.2, -0.15) is 0 Å². The summed E-state index contributed by atoms with van der Waals surface area (Å²) in [4.78, 5) is 49.5. The second kappa shape index (κ2) is 8.72. The van der Waals surface area contributed by atoms with Crippen LogP contribution in [0.4, 0.5) is 11.4 Å². The predicted octanol–water partition coefficient (Wildman–Crippen LogP) is 2.23. The van der Waals surface area contributed by atoms with Crippen LogP contribution in [0.1, 0.15) is 20.7 Å². The van der Waals surface area contributed by atoms with Crippen LogP contribution in [0, 0.1) is 10.1 Å². The average Bonchev–Trinajstić information content (AvgIpc) is 2.66. The molecule has 0 bridgehead atoms. The van der Waals surface area contributed by atoms with Crippen molar-refractivity contribution in [2.75, 3.05) is 19.0 Å². The number of nitro benzene ring substituents is 1. The summed E-state index contributed by atoms with van der Waals surface area (Å²) >= 11 is 5.79. The summed E-state index contributed by atoms with van der Waals surface area (Å²) in [6.07, 6.45) is 1.43. The molecule has 2 rings (SSSR count). The van der Waals surface area contributed by atoms with Gasteiger partial charge >= 0.3 is 11.9 Å². The molecule has 2 aromatic rings. The standard InChI is InChI=1S/C16H12ClN3O7/c1-26-15(22)9-5-10(7-11(6-9)20(24)25)16(23)27-8-13(21)19-12-3-2-4-18-14(12)17/h2-7H,8H2,1H3,(H,19,21). The molecular formula is C16H12ClN3O7. The van der Waals surface area contributed by atoms with E-state index in [2.05, 4.69) is 15.0 Å². The molecule has 0 aliphatic heterocycles. The zero-order valence-electron chi connectivity index (χ0n) is 13.8. The van der Waals surface area contributed by atoms with Crippen molar-refractivity contribution in [1.82, 2.24) is 4.98 Å². The fraction of sp³-hybridized carbons (Fsp3) is 0.125. The second-order valence-electron chi connectivity index (χ2n) is 4.98. The van der Waals surface area contributed by atoms with Crippen molar-refractivity contribution >= 4 is 40.8 Å². The Kier molecular flexibility index (Phi) is 6.39. The molecule has 0 unspecified atom stereocenters. The topological polar surface area (TPSA) is 138 Å². The van der Waals surface area contributed by atoms with E-state index in [1.165, 1.54) is 12.3 Å². The van der Waals surface area contributed by atoms with Gasteiger partial charge in [0.1, 0.15) is 0 Å². The van der Waals surface area contributed by atoms with E-state index in [1.54, 1.807) is 6.07 Å². The lowest BCUT2D eigenvalue weighted by Gasteiger charge is -2.08. The van der Waals surface area contributed by atoms with E-state index in [-0.39, 0.29) is 22.0 Å². The van der Waals surface area contributed by atoms with E-state index in [9.17, 15) is 24.5 Å². The summed E-state index contributed by atoms with van der Waals surface area (Å²) < 4.78 is 9.30. The molecule has 1 aromatic heterocycles. The van der Waals surface area contributed by atoms with Crippen molar-refractivity contribution in [2.24, 2.45) is 0 Å². The fourth-order valence-electron chi connectivity index (χ4n) is 1.95. The summed E-state index contributed by atoms with van der Waals surface area (Å²) in [6.45, 7) is -0.680. The zero-order chi connectivity index (χ0) is 20.0. The maximum absolute atomic E-state index is 12.1. The monoisotopic (exact) mass is 393 g/mol. The van der Waals surface area contributed by atoms with Gasteiger partial charge in [-0.25, -0.2) is 14.6 Å². The van der Waals surface area contributed by atoms with Crippen LogP contribution in [0.2, 0.25) is 5.15 Å². The number of nitrogens with one attached hydrogen (secondary N) is 1. The largest absolute Gasteiger partial charge is 0.465 e. The molecule has 0 saturated carbocycles. The molecule has 0 saturated heterocycles. The maximum Gasteiger partial charge on any atom is 0.338 e. The summed E-state index contributed by atoms with van der Waals surface area (Å²) in [5, 5.41) is 13.4. The number of pyridine rings is 1. The van der Waals surface area contributed by atoms with Gasteiger partial charge in [-0.15, -0.1) is 0 Å². The number of ether oxygens (including phenoxy) is 2. The Morgan fingerprint density at radius 2 is 1.89 bits per heavy atom. The molecule has 0 radical (unpaired) electrons. The predicted molar refractivity (Wildman–Crippen MR) is 92.6 cm³/mol. The van der Waals surface area contributed by atoms with Crippen LogP contribution < -0.4 is 5.32 Å². The minimum Gasteiger partial charge on any atom is -0.465 e. The van der Waals surface area contributed by atoms with Gasteiger partial charge < -0.3 is 14.8 Å². The Labute approximate surface area is 157 Å². The zero-order valence-corrected chi connectivity index (χ0v) is 14.6. The molecule has 11 heteroatoms. The van der Waals surface area contributed by atoms with Gasteiger partial charge in [0.2, 0.25) is 0 Å². The number of non-ortho nitro benzene ring substituents is 1. The molecule has 0 fully saturated rings. The normalized spacial score (nSPS) is 10.0. The number of benzene rings is 1. The highest BCUT2D eigenvalue weighted by molar-refractivity contribution is 6.32. The highest BCUT2D eigenvalue weighted by atomic mass is 35.5. The number of rotatable bonds is 6. The fourth-order valence-corrected chi connectivity index (χ4v) is 2.12. The quantitative estimate of drug-likeness (QED) is 0.341. The molecule has 10 nitrogen and oxygen atoms in total. The first-order chi connectivity index (χ1) is 12.8. The molecule has 1 amide bonds. The molecule has 0 atom stereocenters. The number of hydrogen-bond donors (Lipinski definition) is 1. The van der Waals surface area contributed by atoms with E-state index < -0.39 is 35.1 Å². The average molecular weight is 394 g/mol. The van der Waals surface area contributed by atoms with E-state index in [0.717, 1.165) is 25.3 Å². The first-order valence-corrected chi connectivity index (χ1v) is 7.65. The van der Waals surface area contributed by atoms with E-state index >= 15 is 0 Å². The summed E-state index contributed by atoms with van der Waals surface area (Å²) in [5.74, 6) is -2.59. The van der Waals surface area contributed by atoms with E-state index in [4.69, 9.17) is 16.3 Å². The van der Waals surface area contributed by atoms with Crippen LogP contribution >= 0.6 is 11.6 Å². The van der Waals surface area contributed by atoms with Crippen molar-refractivity contribution in [3.63, 3.8) is 0 Å². The highest BCUT2D eigenvalue weighted by Crippen LogP contribution is 2.19. The number of halogens is 1. The molecule has 27 heavy (non-hydrogen) atoms. The molecule has 1 N–H and O–H groups in total. The number of anilines is 1. The van der Waals surface area contributed by atoms with Crippen LogP contribution in [-0.2, 0) is 14.3 Å². The van der Waals surface area contributed by atoms with Crippen LogP contribution in [0.5, 0.6) is 0 Å². The molecule has 1 heterocycles. The molecule has 140 valence electrons. The number of nitrogens with zero attached hydrogens (tertiary/aromatic N) is 2. The number of aromatic nitrogens is 1. The molecule has 0 aliphatic carbocycles. The Hall–Kier alpha value is -3.53. The lowest BCUT2D eigenvalue weighted by molar-refractivity contribution is -0.384. The smallest absolute Gasteiger partial charge is 0.338 e. The number of esters is 2. The third-order valence-electron chi connectivity index (χ3n) is 3.15. The third kappa shape index (κ3) is 5.22. The van der Waals surface area contributed by atoms with Crippen molar-refractivity contribution in [3.8, 4) is 0 Å². The van der Waals surface area contributed by atoms with Crippen LogP contribution in [0.25, 0.3) is 0 Å². The van der Waals surface area contributed by atoms with Crippen LogP contribution in [0.3, 0.4) is 0 Å². The van der Waals surface area contributed by atoms with Crippen molar-refractivity contribution in [1.29, 1.82) is 0 Å².